The summed E-state index contributed by atoms with van der Waals surface area (Å²) in [7, 11) is 3.23. The number of carbonyl (C=O) groups excluding carboxylic acids is 2. The number of hydrogen-bond acceptors (Lipinski definition) is 5. The van der Waals surface area contributed by atoms with Gasteiger partial charge in [-0.05, 0) is 35.3 Å². The number of ether oxygens (including phenoxy) is 2. The van der Waals surface area contributed by atoms with Gasteiger partial charge in [0.1, 0.15) is 6.61 Å². The SMILES string of the molecule is COC(=O)c1ccc([C@@H]2C=C(c3cnn(C)c3)CCN2C(=O)OCc2ccccc2)cc1. The molecule has 1 aromatic heterocycles. The van der Waals surface area contributed by atoms with Crippen LogP contribution >= 0.6 is 0 Å². The largest absolute Gasteiger partial charge is 0.465 e. The van der Waals surface area contributed by atoms with Crippen molar-refractivity contribution in [3.8, 4) is 0 Å². The van der Waals surface area contributed by atoms with E-state index in [0.717, 1.165) is 22.3 Å². The molecule has 32 heavy (non-hydrogen) atoms. The van der Waals surface area contributed by atoms with Crippen LogP contribution < -0.4 is 0 Å². The van der Waals surface area contributed by atoms with Crippen LogP contribution in [0.15, 0.2) is 73.1 Å². The zero-order valence-corrected chi connectivity index (χ0v) is 18.1. The zero-order chi connectivity index (χ0) is 22.5. The van der Waals surface area contributed by atoms with E-state index in [2.05, 4.69) is 11.2 Å². The Hall–Kier alpha value is -3.87. The molecule has 0 saturated heterocycles. The molecule has 1 amide bonds. The van der Waals surface area contributed by atoms with E-state index in [4.69, 9.17) is 9.47 Å². The fraction of sp³-hybridized carbons (Fsp3) is 0.240. The molecule has 1 atom stereocenters. The van der Waals surface area contributed by atoms with Crippen LogP contribution in [0.3, 0.4) is 0 Å². The third-order valence-corrected chi connectivity index (χ3v) is 5.51. The Morgan fingerprint density at radius 2 is 1.84 bits per heavy atom. The van der Waals surface area contributed by atoms with Gasteiger partial charge in [0.25, 0.3) is 0 Å². The van der Waals surface area contributed by atoms with Crippen LogP contribution in [0.5, 0.6) is 0 Å². The zero-order valence-electron chi connectivity index (χ0n) is 18.1. The average Bonchev–Trinajstić information content (AvgIpc) is 3.28. The summed E-state index contributed by atoms with van der Waals surface area (Å²) in [6, 6.07) is 16.4. The minimum absolute atomic E-state index is 0.212. The Bertz CT molecular complexity index is 1120. The monoisotopic (exact) mass is 431 g/mol. The average molecular weight is 431 g/mol. The minimum Gasteiger partial charge on any atom is -0.465 e. The molecule has 0 spiro atoms. The van der Waals surface area contributed by atoms with E-state index in [0.29, 0.717) is 18.5 Å². The van der Waals surface area contributed by atoms with Gasteiger partial charge in [-0.1, -0.05) is 48.5 Å². The van der Waals surface area contributed by atoms with Gasteiger partial charge in [0, 0.05) is 25.4 Å². The number of nitrogens with zero attached hydrogens (tertiary/aromatic N) is 3. The molecule has 1 aliphatic heterocycles. The molecule has 4 rings (SSSR count). The first-order valence-electron chi connectivity index (χ1n) is 10.4. The summed E-state index contributed by atoms with van der Waals surface area (Å²) in [5, 5.41) is 4.27. The molecule has 2 heterocycles. The van der Waals surface area contributed by atoms with Crippen LogP contribution in [0.25, 0.3) is 5.57 Å². The number of aryl methyl sites for hydroxylation is 1. The van der Waals surface area contributed by atoms with Crippen LogP contribution in [-0.2, 0) is 23.1 Å². The van der Waals surface area contributed by atoms with Crippen LogP contribution in [0, 0.1) is 0 Å². The van der Waals surface area contributed by atoms with E-state index in [9.17, 15) is 9.59 Å². The van der Waals surface area contributed by atoms with Gasteiger partial charge in [-0.15, -0.1) is 0 Å². The molecule has 2 aromatic carbocycles. The van der Waals surface area contributed by atoms with Gasteiger partial charge in [-0.2, -0.15) is 5.10 Å². The first-order valence-corrected chi connectivity index (χ1v) is 10.4. The number of esters is 1. The van der Waals surface area contributed by atoms with E-state index in [1.54, 1.807) is 21.7 Å². The number of benzene rings is 2. The Morgan fingerprint density at radius 3 is 2.50 bits per heavy atom. The molecule has 0 unspecified atom stereocenters. The van der Waals surface area contributed by atoms with Gasteiger partial charge in [-0.3, -0.25) is 9.58 Å². The molecule has 7 nitrogen and oxygen atoms in total. The lowest BCUT2D eigenvalue weighted by Crippen LogP contribution is -2.37. The van der Waals surface area contributed by atoms with Crippen molar-refractivity contribution in [3.63, 3.8) is 0 Å². The molecular formula is C25H25N3O4. The summed E-state index contributed by atoms with van der Waals surface area (Å²) < 4.78 is 12.2. The molecule has 3 aromatic rings. The Balaban J connectivity index is 1.60. The van der Waals surface area contributed by atoms with Gasteiger partial charge >= 0.3 is 12.1 Å². The number of methoxy groups -OCH3 is 1. The highest BCUT2D eigenvalue weighted by atomic mass is 16.6. The highest BCUT2D eigenvalue weighted by Crippen LogP contribution is 2.34. The van der Waals surface area contributed by atoms with E-state index >= 15 is 0 Å². The quantitative estimate of drug-likeness (QED) is 0.561. The number of amides is 1. The van der Waals surface area contributed by atoms with Gasteiger partial charge in [0.15, 0.2) is 0 Å². The number of aromatic nitrogens is 2. The summed E-state index contributed by atoms with van der Waals surface area (Å²) >= 11 is 0. The lowest BCUT2D eigenvalue weighted by Gasteiger charge is -2.34. The molecule has 0 fully saturated rings. The highest BCUT2D eigenvalue weighted by Gasteiger charge is 2.29. The molecule has 7 heteroatoms. The molecule has 1 aliphatic rings. The van der Waals surface area contributed by atoms with Crippen molar-refractivity contribution < 1.29 is 19.1 Å². The summed E-state index contributed by atoms with van der Waals surface area (Å²) in [5.41, 5.74) is 4.42. The predicted molar refractivity (Wildman–Crippen MR) is 120 cm³/mol. The third kappa shape index (κ3) is 4.72. The van der Waals surface area contributed by atoms with Gasteiger partial charge in [0.2, 0.25) is 0 Å². The smallest absolute Gasteiger partial charge is 0.410 e. The van der Waals surface area contributed by atoms with Crippen molar-refractivity contribution in [2.45, 2.75) is 19.1 Å². The van der Waals surface area contributed by atoms with Crippen molar-refractivity contribution in [1.82, 2.24) is 14.7 Å². The Morgan fingerprint density at radius 1 is 1.09 bits per heavy atom. The molecule has 0 bridgehead atoms. The van der Waals surface area contributed by atoms with Crippen molar-refractivity contribution in [1.29, 1.82) is 0 Å². The fourth-order valence-electron chi connectivity index (χ4n) is 3.79. The van der Waals surface area contributed by atoms with Crippen molar-refractivity contribution in [2.24, 2.45) is 7.05 Å². The lowest BCUT2D eigenvalue weighted by atomic mass is 9.93. The van der Waals surface area contributed by atoms with E-state index in [-0.39, 0.29) is 18.7 Å². The highest BCUT2D eigenvalue weighted by molar-refractivity contribution is 5.89. The maximum atomic E-state index is 13.0. The summed E-state index contributed by atoms with van der Waals surface area (Å²) in [6.07, 6.45) is 6.18. The molecule has 0 N–H and O–H groups in total. The second-order valence-corrected chi connectivity index (χ2v) is 7.64. The first kappa shape index (κ1) is 21.4. The number of rotatable bonds is 5. The molecule has 0 saturated carbocycles. The van der Waals surface area contributed by atoms with Crippen LogP contribution in [0.4, 0.5) is 4.79 Å². The first-order chi connectivity index (χ1) is 15.5. The molecule has 164 valence electrons. The van der Waals surface area contributed by atoms with Crippen LogP contribution in [0.1, 0.15) is 39.5 Å². The van der Waals surface area contributed by atoms with Crippen LogP contribution in [0.2, 0.25) is 0 Å². The number of carbonyl (C=O) groups is 2. The van der Waals surface area contributed by atoms with E-state index < -0.39 is 5.97 Å². The maximum absolute atomic E-state index is 13.0. The van der Waals surface area contributed by atoms with Gasteiger partial charge < -0.3 is 9.47 Å². The van der Waals surface area contributed by atoms with Crippen LogP contribution in [-0.4, -0.2) is 40.4 Å². The van der Waals surface area contributed by atoms with Crippen molar-refractivity contribution in [2.75, 3.05) is 13.7 Å². The molecular weight excluding hydrogens is 406 g/mol. The standard InChI is InChI=1S/C25H25N3O4/c1-27-16-22(15-26-27)21-12-13-28(25(30)32-17-18-6-4-3-5-7-18)23(14-21)19-8-10-20(11-9-19)24(29)31-2/h3-11,14-16,23H,12-13,17H2,1-2H3/t23-/m0/s1. The van der Waals surface area contributed by atoms with E-state index in [1.807, 2.05) is 61.9 Å². The molecule has 0 aliphatic carbocycles. The van der Waals surface area contributed by atoms with Gasteiger partial charge in [-0.25, -0.2) is 9.59 Å². The molecule has 0 radical (unpaired) electrons. The topological polar surface area (TPSA) is 73.7 Å². The van der Waals surface area contributed by atoms with Gasteiger partial charge in [0.05, 0.1) is 24.9 Å². The van der Waals surface area contributed by atoms with E-state index in [1.165, 1.54) is 7.11 Å². The summed E-state index contributed by atoms with van der Waals surface area (Å²) in [5.74, 6) is -0.397. The Labute approximate surface area is 186 Å². The Kier molecular flexibility index (Phi) is 6.35. The lowest BCUT2D eigenvalue weighted by molar-refractivity contribution is 0.0600. The fourth-order valence-corrected chi connectivity index (χ4v) is 3.79. The minimum atomic E-state index is -0.397. The summed E-state index contributed by atoms with van der Waals surface area (Å²) in [6.45, 7) is 0.723. The second-order valence-electron chi connectivity index (χ2n) is 7.64. The predicted octanol–water partition coefficient (Wildman–Crippen LogP) is 4.37. The summed E-state index contributed by atoms with van der Waals surface area (Å²) in [4.78, 5) is 26.5. The normalized spacial score (nSPS) is 15.8. The van der Waals surface area contributed by atoms with Crippen molar-refractivity contribution >= 4 is 17.6 Å². The third-order valence-electron chi connectivity index (χ3n) is 5.51. The second kappa shape index (κ2) is 9.51. The van der Waals surface area contributed by atoms with Crippen molar-refractivity contribution in [3.05, 3.63) is 95.3 Å². The maximum Gasteiger partial charge on any atom is 0.410 e. The number of hydrogen-bond donors (Lipinski definition) is 0.